The fraction of sp³-hybridized carbons (Fsp3) is 0.167. The molecule has 1 aromatic heterocycles. The second-order valence-corrected chi connectivity index (χ2v) is 6.54. The van der Waals surface area contributed by atoms with Crippen molar-refractivity contribution < 1.29 is 8.42 Å². The zero-order valence-electron chi connectivity index (χ0n) is 9.67. The predicted octanol–water partition coefficient (Wildman–Crippen LogP) is 1.95. The number of nitrogens with one attached hydrogen (secondary N) is 1. The van der Waals surface area contributed by atoms with E-state index >= 15 is 0 Å². The van der Waals surface area contributed by atoms with Crippen LogP contribution in [0.3, 0.4) is 0 Å². The molecule has 4 nitrogen and oxygen atoms in total. The minimum absolute atomic E-state index is 0.0534. The molecule has 2 aromatic rings. The number of rotatable bonds is 5. The van der Waals surface area contributed by atoms with Crippen molar-refractivity contribution in [3.8, 4) is 0 Å². The Morgan fingerprint density at radius 1 is 1.22 bits per heavy atom. The Bertz CT molecular complexity index is 607. The molecular weight excluding hydrogens is 268 g/mol. The van der Waals surface area contributed by atoms with Crippen molar-refractivity contribution in [3.63, 3.8) is 0 Å². The molecule has 0 saturated carbocycles. The van der Waals surface area contributed by atoms with Gasteiger partial charge < -0.3 is 5.73 Å². The van der Waals surface area contributed by atoms with Gasteiger partial charge >= 0.3 is 0 Å². The summed E-state index contributed by atoms with van der Waals surface area (Å²) in [6.45, 7) is 0.328. The molecule has 0 saturated heterocycles. The lowest BCUT2D eigenvalue weighted by Crippen LogP contribution is -2.24. The summed E-state index contributed by atoms with van der Waals surface area (Å²) in [7, 11) is -3.33. The van der Waals surface area contributed by atoms with Crippen LogP contribution in [0.1, 0.15) is 11.1 Å². The summed E-state index contributed by atoms with van der Waals surface area (Å²) in [4.78, 5) is 0. The lowest BCUT2D eigenvalue weighted by Gasteiger charge is -2.06. The molecule has 2 rings (SSSR count). The van der Waals surface area contributed by atoms with Crippen LogP contribution in [-0.4, -0.2) is 8.42 Å². The molecule has 0 fully saturated rings. The normalized spacial score (nSPS) is 11.6. The standard InChI is InChI=1S/C12H14N2O2S2/c13-12-3-1-2-10(6-12)9-18(15,16)14-7-11-4-5-17-8-11/h1-6,8,14H,7,9,13H2. The van der Waals surface area contributed by atoms with Gasteiger partial charge in [-0.3, -0.25) is 0 Å². The number of sulfonamides is 1. The van der Waals surface area contributed by atoms with E-state index < -0.39 is 10.0 Å². The first-order valence-corrected chi connectivity index (χ1v) is 7.97. The highest BCUT2D eigenvalue weighted by molar-refractivity contribution is 7.88. The topological polar surface area (TPSA) is 72.2 Å². The first-order chi connectivity index (χ1) is 8.55. The molecule has 0 radical (unpaired) electrons. The molecule has 96 valence electrons. The summed E-state index contributed by atoms with van der Waals surface area (Å²) in [5.74, 6) is -0.0534. The van der Waals surface area contributed by atoms with Gasteiger partial charge in [-0.2, -0.15) is 11.3 Å². The van der Waals surface area contributed by atoms with Crippen LogP contribution in [0.15, 0.2) is 41.1 Å². The van der Waals surface area contributed by atoms with Crippen LogP contribution in [-0.2, 0) is 22.3 Å². The zero-order chi connectivity index (χ0) is 13.0. The third-order valence-corrected chi connectivity index (χ3v) is 4.41. The summed E-state index contributed by atoms with van der Waals surface area (Å²) in [6.07, 6.45) is 0. The van der Waals surface area contributed by atoms with Crippen LogP contribution in [0.5, 0.6) is 0 Å². The molecule has 0 amide bonds. The summed E-state index contributed by atoms with van der Waals surface area (Å²) in [5, 5.41) is 3.84. The van der Waals surface area contributed by atoms with E-state index in [2.05, 4.69) is 4.72 Å². The van der Waals surface area contributed by atoms with Crippen molar-refractivity contribution in [2.45, 2.75) is 12.3 Å². The van der Waals surface area contributed by atoms with Gasteiger partial charge in [0.25, 0.3) is 0 Å². The maximum absolute atomic E-state index is 11.9. The Balaban J connectivity index is 1.99. The molecule has 0 aliphatic carbocycles. The maximum Gasteiger partial charge on any atom is 0.216 e. The van der Waals surface area contributed by atoms with Crippen molar-refractivity contribution in [2.75, 3.05) is 5.73 Å². The fourth-order valence-electron chi connectivity index (χ4n) is 1.54. The van der Waals surface area contributed by atoms with Crippen LogP contribution < -0.4 is 10.5 Å². The number of thiophene rings is 1. The number of benzene rings is 1. The molecule has 0 aliphatic rings. The summed E-state index contributed by atoms with van der Waals surface area (Å²) >= 11 is 1.54. The van der Waals surface area contributed by atoms with Crippen molar-refractivity contribution >= 4 is 27.0 Å². The number of nitrogens with two attached hydrogens (primary N) is 1. The van der Waals surface area contributed by atoms with Gasteiger partial charge in [-0.05, 0) is 40.1 Å². The highest BCUT2D eigenvalue weighted by atomic mass is 32.2. The van der Waals surface area contributed by atoms with Gasteiger partial charge in [0.05, 0.1) is 5.75 Å². The number of hydrogen-bond acceptors (Lipinski definition) is 4. The van der Waals surface area contributed by atoms with E-state index in [-0.39, 0.29) is 5.75 Å². The van der Waals surface area contributed by atoms with E-state index in [0.29, 0.717) is 17.8 Å². The van der Waals surface area contributed by atoms with Gasteiger partial charge in [0.2, 0.25) is 10.0 Å². The highest BCUT2D eigenvalue weighted by Gasteiger charge is 2.11. The highest BCUT2D eigenvalue weighted by Crippen LogP contribution is 2.11. The van der Waals surface area contributed by atoms with Crippen molar-refractivity contribution in [1.29, 1.82) is 0 Å². The number of hydrogen-bond donors (Lipinski definition) is 2. The smallest absolute Gasteiger partial charge is 0.216 e. The molecule has 6 heteroatoms. The Morgan fingerprint density at radius 2 is 2.06 bits per heavy atom. The van der Waals surface area contributed by atoms with E-state index in [4.69, 9.17) is 5.73 Å². The largest absolute Gasteiger partial charge is 0.399 e. The Hall–Kier alpha value is -1.37. The average molecular weight is 282 g/mol. The van der Waals surface area contributed by atoms with E-state index in [1.54, 1.807) is 35.6 Å². The molecule has 18 heavy (non-hydrogen) atoms. The summed E-state index contributed by atoms with van der Waals surface area (Å²) in [6, 6.07) is 8.80. The van der Waals surface area contributed by atoms with Crippen LogP contribution in [0.25, 0.3) is 0 Å². The van der Waals surface area contributed by atoms with Gasteiger partial charge in [0.15, 0.2) is 0 Å². The van der Waals surface area contributed by atoms with Gasteiger partial charge in [-0.25, -0.2) is 13.1 Å². The Labute approximate surface area is 111 Å². The number of nitrogen functional groups attached to an aromatic ring is 1. The van der Waals surface area contributed by atoms with E-state index in [1.165, 1.54) is 0 Å². The van der Waals surface area contributed by atoms with E-state index in [9.17, 15) is 8.42 Å². The average Bonchev–Trinajstić information content (AvgIpc) is 2.78. The first kappa shape index (κ1) is 13.1. The molecule has 1 aromatic carbocycles. The van der Waals surface area contributed by atoms with Crippen molar-refractivity contribution in [2.24, 2.45) is 0 Å². The van der Waals surface area contributed by atoms with Crippen molar-refractivity contribution in [1.82, 2.24) is 4.72 Å². The summed E-state index contributed by atoms with van der Waals surface area (Å²) in [5.41, 5.74) is 7.84. The molecule has 3 N–H and O–H groups in total. The number of anilines is 1. The van der Waals surface area contributed by atoms with Gasteiger partial charge in [0.1, 0.15) is 0 Å². The Kier molecular flexibility index (Phi) is 4.00. The third-order valence-electron chi connectivity index (χ3n) is 2.38. The first-order valence-electron chi connectivity index (χ1n) is 5.38. The molecule has 0 spiro atoms. The Morgan fingerprint density at radius 3 is 2.72 bits per heavy atom. The van der Waals surface area contributed by atoms with Gasteiger partial charge in [0, 0.05) is 12.2 Å². The monoisotopic (exact) mass is 282 g/mol. The molecule has 1 heterocycles. The SMILES string of the molecule is Nc1cccc(CS(=O)(=O)NCc2ccsc2)c1. The zero-order valence-corrected chi connectivity index (χ0v) is 11.3. The maximum atomic E-state index is 11.9. The second-order valence-electron chi connectivity index (χ2n) is 3.96. The molecule has 0 atom stereocenters. The van der Waals surface area contributed by atoms with Gasteiger partial charge in [-0.15, -0.1) is 0 Å². The second kappa shape index (κ2) is 5.51. The van der Waals surface area contributed by atoms with Gasteiger partial charge in [-0.1, -0.05) is 12.1 Å². The predicted molar refractivity (Wildman–Crippen MR) is 74.6 cm³/mol. The third kappa shape index (κ3) is 3.83. The minimum atomic E-state index is -3.33. The fourth-order valence-corrected chi connectivity index (χ4v) is 3.32. The lowest BCUT2D eigenvalue weighted by atomic mass is 10.2. The molecule has 0 unspecified atom stereocenters. The lowest BCUT2D eigenvalue weighted by molar-refractivity contribution is 0.580. The van der Waals surface area contributed by atoms with Crippen LogP contribution in [0, 0.1) is 0 Å². The molecular formula is C12H14N2O2S2. The molecule has 0 aliphatic heterocycles. The minimum Gasteiger partial charge on any atom is -0.399 e. The van der Waals surface area contributed by atoms with Crippen LogP contribution in [0.4, 0.5) is 5.69 Å². The van der Waals surface area contributed by atoms with Crippen LogP contribution >= 0.6 is 11.3 Å². The van der Waals surface area contributed by atoms with Crippen LogP contribution in [0.2, 0.25) is 0 Å². The summed E-state index contributed by atoms with van der Waals surface area (Å²) < 4.78 is 26.3. The quantitative estimate of drug-likeness (QED) is 0.823. The van der Waals surface area contributed by atoms with E-state index in [1.807, 2.05) is 16.8 Å². The molecule has 0 bridgehead atoms. The van der Waals surface area contributed by atoms with Crippen molar-refractivity contribution in [3.05, 3.63) is 52.2 Å². The van der Waals surface area contributed by atoms with E-state index in [0.717, 1.165) is 5.56 Å².